The third-order valence-electron chi connectivity index (χ3n) is 4.40. The van der Waals surface area contributed by atoms with Gasteiger partial charge in [-0.2, -0.15) is 0 Å². The maximum atomic E-state index is 12.4. The number of rotatable bonds is 3. The fourth-order valence-electron chi connectivity index (χ4n) is 3.60. The van der Waals surface area contributed by atoms with Crippen LogP contribution in [-0.4, -0.2) is 53.4 Å². The molecule has 2 aliphatic rings. The molecule has 0 N–H and O–H groups in total. The predicted octanol–water partition coefficient (Wildman–Crippen LogP) is 1.74. The molecule has 1 aromatic rings. The second-order valence-electron chi connectivity index (χ2n) is 6.58. The van der Waals surface area contributed by atoms with Gasteiger partial charge in [0.05, 0.1) is 0 Å². The summed E-state index contributed by atoms with van der Waals surface area (Å²) in [6, 6.07) is 3.61. The van der Waals surface area contributed by atoms with E-state index < -0.39 is 0 Å². The molecular formula is C16H23N3O. The molecule has 0 spiro atoms. The molecule has 2 unspecified atom stereocenters. The van der Waals surface area contributed by atoms with Gasteiger partial charge < -0.3 is 9.80 Å². The minimum atomic E-state index is 0.164. The highest BCUT2D eigenvalue weighted by atomic mass is 16.2. The van der Waals surface area contributed by atoms with E-state index in [1.54, 1.807) is 12.4 Å². The molecule has 20 heavy (non-hydrogen) atoms. The SMILES string of the molecule is CC(C)CN1CC2CN(C(=O)c3ccncc3)CC2C1. The van der Waals surface area contributed by atoms with Gasteiger partial charge in [0.15, 0.2) is 0 Å². The summed E-state index contributed by atoms with van der Waals surface area (Å²) >= 11 is 0. The Bertz CT molecular complexity index is 460. The molecule has 2 fully saturated rings. The van der Waals surface area contributed by atoms with Crippen LogP contribution < -0.4 is 0 Å². The summed E-state index contributed by atoms with van der Waals surface area (Å²) in [5.41, 5.74) is 0.763. The standard InChI is InChI=1S/C16H23N3O/c1-12(2)7-18-8-14-10-19(11-15(14)9-18)16(20)13-3-5-17-6-4-13/h3-6,12,14-15H,7-11H2,1-2H3. The van der Waals surface area contributed by atoms with E-state index >= 15 is 0 Å². The Morgan fingerprint density at radius 3 is 2.35 bits per heavy atom. The Kier molecular flexibility index (Phi) is 3.74. The lowest BCUT2D eigenvalue weighted by Crippen LogP contribution is -2.34. The number of hydrogen-bond donors (Lipinski definition) is 0. The summed E-state index contributed by atoms with van der Waals surface area (Å²) in [6.07, 6.45) is 3.38. The zero-order chi connectivity index (χ0) is 14.1. The molecule has 4 nitrogen and oxygen atoms in total. The van der Waals surface area contributed by atoms with Gasteiger partial charge in [0.25, 0.3) is 5.91 Å². The minimum Gasteiger partial charge on any atom is -0.338 e. The molecule has 4 heteroatoms. The average Bonchev–Trinajstić information content (AvgIpc) is 2.96. The Labute approximate surface area is 120 Å². The van der Waals surface area contributed by atoms with E-state index in [9.17, 15) is 4.79 Å². The van der Waals surface area contributed by atoms with E-state index in [1.165, 1.54) is 6.54 Å². The molecule has 2 saturated heterocycles. The lowest BCUT2D eigenvalue weighted by Gasteiger charge is -2.22. The monoisotopic (exact) mass is 273 g/mol. The van der Waals surface area contributed by atoms with Crippen LogP contribution in [0.5, 0.6) is 0 Å². The molecule has 3 heterocycles. The normalized spacial score (nSPS) is 26.2. The Balaban J connectivity index is 1.59. The zero-order valence-electron chi connectivity index (χ0n) is 12.3. The number of hydrogen-bond acceptors (Lipinski definition) is 3. The van der Waals surface area contributed by atoms with Crippen LogP contribution in [0.2, 0.25) is 0 Å². The van der Waals surface area contributed by atoms with Gasteiger partial charge in [0.1, 0.15) is 0 Å². The third kappa shape index (κ3) is 2.70. The highest BCUT2D eigenvalue weighted by molar-refractivity contribution is 5.94. The summed E-state index contributed by atoms with van der Waals surface area (Å²) in [4.78, 5) is 21.0. The van der Waals surface area contributed by atoms with Gasteiger partial charge in [-0.05, 0) is 29.9 Å². The summed E-state index contributed by atoms with van der Waals surface area (Å²) in [7, 11) is 0. The first-order valence-electron chi connectivity index (χ1n) is 7.55. The minimum absolute atomic E-state index is 0.164. The van der Waals surface area contributed by atoms with Crippen molar-refractivity contribution in [2.75, 3.05) is 32.7 Å². The fourth-order valence-corrected chi connectivity index (χ4v) is 3.60. The van der Waals surface area contributed by atoms with Crippen LogP contribution in [0.1, 0.15) is 24.2 Å². The molecule has 0 saturated carbocycles. The molecule has 3 rings (SSSR count). The van der Waals surface area contributed by atoms with E-state index in [2.05, 4.69) is 23.7 Å². The highest BCUT2D eigenvalue weighted by Crippen LogP contribution is 2.32. The zero-order valence-corrected chi connectivity index (χ0v) is 12.3. The van der Waals surface area contributed by atoms with Gasteiger partial charge >= 0.3 is 0 Å². The molecule has 1 aromatic heterocycles. The van der Waals surface area contributed by atoms with Crippen LogP contribution in [-0.2, 0) is 0 Å². The van der Waals surface area contributed by atoms with E-state index in [4.69, 9.17) is 0 Å². The van der Waals surface area contributed by atoms with Crippen LogP contribution in [0.25, 0.3) is 0 Å². The number of carbonyl (C=O) groups excluding carboxylic acids is 1. The van der Waals surface area contributed by atoms with Crippen LogP contribution in [0.15, 0.2) is 24.5 Å². The number of pyridine rings is 1. The van der Waals surface area contributed by atoms with Crippen LogP contribution >= 0.6 is 0 Å². The van der Waals surface area contributed by atoms with Gasteiger partial charge in [-0.3, -0.25) is 9.78 Å². The highest BCUT2D eigenvalue weighted by Gasteiger charge is 2.41. The third-order valence-corrected chi connectivity index (χ3v) is 4.40. The summed E-state index contributed by atoms with van der Waals surface area (Å²) in [6.45, 7) is 9.87. The van der Waals surface area contributed by atoms with E-state index in [0.717, 1.165) is 37.7 Å². The van der Waals surface area contributed by atoms with Crippen molar-refractivity contribution in [3.63, 3.8) is 0 Å². The van der Waals surface area contributed by atoms with Crippen molar-refractivity contribution in [2.24, 2.45) is 17.8 Å². The first-order valence-corrected chi connectivity index (χ1v) is 7.55. The molecule has 0 bridgehead atoms. The van der Waals surface area contributed by atoms with Crippen molar-refractivity contribution >= 4 is 5.91 Å². The van der Waals surface area contributed by atoms with Crippen LogP contribution in [0.3, 0.4) is 0 Å². The lowest BCUT2D eigenvalue weighted by atomic mass is 10.0. The largest absolute Gasteiger partial charge is 0.338 e. The molecule has 2 aliphatic heterocycles. The van der Waals surface area contributed by atoms with Gasteiger partial charge in [-0.1, -0.05) is 13.8 Å². The molecule has 0 aromatic carbocycles. The molecule has 1 amide bonds. The maximum Gasteiger partial charge on any atom is 0.253 e. The first-order chi connectivity index (χ1) is 9.63. The van der Waals surface area contributed by atoms with Crippen LogP contribution in [0.4, 0.5) is 0 Å². The Morgan fingerprint density at radius 2 is 1.80 bits per heavy atom. The van der Waals surface area contributed by atoms with Crippen molar-refractivity contribution in [2.45, 2.75) is 13.8 Å². The smallest absolute Gasteiger partial charge is 0.253 e. The number of carbonyl (C=O) groups is 1. The topological polar surface area (TPSA) is 36.4 Å². The van der Waals surface area contributed by atoms with Crippen molar-refractivity contribution in [3.8, 4) is 0 Å². The Morgan fingerprint density at radius 1 is 1.20 bits per heavy atom. The van der Waals surface area contributed by atoms with Crippen molar-refractivity contribution in [1.82, 2.24) is 14.8 Å². The second-order valence-corrected chi connectivity index (χ2v) is 6.58. The second kappa shape index (κ2) is 5.52. The van der Waals surface area contributed by atoms with Gasteiger partial charge in [-0.25, -0.2) is 0 Å². The number of fused-ring (bicyclic) bond motifs is 1. The van der Waals surface area contributed by atoms with Gasteiger partial charge in [-0.15, -0.1) is 0 Å². The summed E-state index contributed by atoms with van der Waals surface area (Å²) in [5, 5.41) is 0. The Hall–Kier alpha value is -1.42. The number of aromatic nitrogens is 1. The molecule has 0 aliphatic carbocycles. The molecule has 2 atom stereocenters. The fraction of sp³-hybridized carbons (Fsp3) is 0.625. The van der Waals surface area contributed by atoms with Crippen molar-refractivity contribution in [1.29, 1.82) is 0 Å². The van der Waals surface area contributed by atoms with Gasteiger partial charge in [0, 0.05) is 50.7 Å². The summed E-state index contributed by atoms with van der Waals surface area (Å²) in [5.74, 6) is 2.22. The number of nitrogens with zero attached hydrogens (tertiary/aromatic N) is 3. The quantitative estimate of drug-likeness (QED) is 0.841. The van der Waals surface area contributed by atoms with Crippen molar-refractivity contribution < 1.29 is 4.79 Å². The maximum absolute atomic E-state index is 12.4. The molecule has 108 valence electrons. The number of likely N-dealkylation sites (tertiary alicyclic amines) is 2. The average molecular weight is 273 g/mol. The van der Waals surface area contributed by atoms with Crippen LogP contribution in [0, 0.1) is 17.8 Å². The number of amides is 1. The van der Waals surface area contributed by atoms with Gasteiger partial charge in [0.2, 0.25) is 0 Å². The summed E-state index contributed by atoms with van der Waals surface area (Å²) < 4.78 is 0. The van der Waals surface area contributed by atoms with E-state index in [1.807, 2.05) is 17.0 Å². The van der Waals surface area contributed by atoms with E-state index in [-0.39, 0.29) is 5.91 Å². The molecular weight excluding hydrogens is 250 g/mol. The van der Waals surface area contributed by atoms with E-state index in [0.29, 0.717) is 11.8 Å². The predicted molar refractivity (Wildman–Crippen MR) is 78.4 cm³/mol. The van der Waals surface area contributed by atoms with Crippen molar-refractivity contribution in [3.05, 3.63) is 30.1 Å². The lowest BCUT2D eigenvalue weighted by molar-refractivity contribution is 0.0773. The molecule has 0 radical (unpaired) electrons. The first kappa shape index (κ1) is 13.6.